The Morgan fingerprint density at radius 3 is 2.88 bits per heavy atom. The van der Waals surface area contributed by atoms with Crippen LogP contribution in [-0.2, 0) is 17.9 Å². The highest BCUT2D eigenvalue weighted by Gasteiger charge is 2.19. The largest absolute Gasteiger partial charge is 0.489 e. The molecule has 1 aliphatic rings. The van der Waals surface area contributed by atoms with E-state index in [1.165, 1.54) is 0 Å². The van der Waals surface area contributed by atoms with Gasteiger partial charge in [-0.05, 0) is 54.7 Å². The van der Waals surface area contributed by atoms with E-state index in [1.807, 2.05) is 42.5 Å². The Hall–Kier alpha value is -2.84. The molecule has 1 atom stereocenters. The second-order valence-corrected chi connectivity index (χ2v) is 6.47. The number of ether oxygens (including phenoxy) is 1. The molecular weight excluding hydrogens is 326 g/mol. The summed E-state index contributed by atoms with van der Waals surface area (Å²) in [5.41, 5.74) is 2.67. The van der Waals surface area contributed by atoms with Crippen molar-refractivity contribution in [3.8, 4) is 11.8 Å². The van der Waals surface area contributed by atoms with Crippen molar-refractivity contribution in [3.63, 3.8) is 0 Å². The lowest BCUT2D eigenvalue weighted by molar-refractivity contribution is -0.122. The molecule has 1 heterocycles. The van der Waals surface area contributed by atoms with Crippen molar-refractivity contribution in [2.24, 2.45) is 0 Å². The van der Waals surface area contributed by atoms with Gasteiger partial charge in [0.25, 0.3) is 0 Å². The van der Waals surface area contributed by atoms with Gasteiger partial charge in [0.1, 0.15) is 12.4 Å². The number of carbonyl (C=O) groups excluding carboxylic acids is 1. The summed E-state index contributed by atoms with van der Waals surface area (Å²) in [5, 5.41) is 15.2. The van der Waals surface area contributed by atoms with Gasteiger partial charge in [0.15, 0.2) is 0 Å². The van der Waals surface area contributed by atoms with Crippen LogP contribution in [0.5, 0.6) is 5.75 Å². The van der Waals surface area contributed by atoms with Crippen LogP contribution in [0.4, 0.5) is 0 Å². The molecule has 134 valence electrons. The monoisotopic (exact) mass is 349 g/mol. The Bertz CT molecular complexity index is 798. The highest BCUT2D eigenvalue weighted by atomic mass is 16.5. The molecule has 1 amide bonds. The maximum absolute atomic E-state index is 12.0. The maximum atomic E-state index is 12.0. The first-order chi connectivity index (χ1) is 12.7. The first-order valence-corrected chi connectivity index (χ1v) is 8.96. The van der Waals surface area contributed by atoms with Crippen LogP contribution >= 0.6 is 0 Å². The summed E-state index contributed by atoms with van der Waals surface area (Å²) in [7, 11) is 0. The third-order valence-electron chi connectivity index (χ3n) is 4.45. The van der Waals surface area contributed by atoms with E-state index in [9.17, 15) is 4.79 Å². The molecule has 0 aromatic heterocycles. The Labute approximate surface area is 154 Å². The molecule has 0 bridgehead atoms. The van der Waals surface area contributed by atoms with Crippen molar-refractivity contribution >= 4 is 5.91 Å². The minimum absolute atomic E-state index is 0.0901. The second-order valence-electron chi connectivity index (χ2n) is 6.47. The lowest BCUT2D eigenvalue weighted by Gasteiger charge is -2.15. The van der Waals surface area contributed by atoms with Crippen molar-refractivity contribution in [3.05, 3.63) is 65.2 Å². The predicted molar refractivity (Wildman–Crippen MR) is 99.4 cm³/mol. The van der Waals surface area contributed by atoms with Crippen molar-refractivity contribution in [1.29, 1.82) is 5.26 Å². The van der Waals surface area contributed by atoms with Crippen LogP contribution in [0, 0.1) is 11.3 Å². The van der Waals surface area contributed by atoms with E-state index in [4.69, 9.17) is 10.00 Å². The molecule has 2 aromatic rings. The summed E-state index contributed by atoms with van der Waals surface area (Å²) >= 11 is 0. The van der Waals surface area contributed by atoms with Crippen LogP contribution in [0.25, 0.3) is 0 Å². The summed E-state index contributed by atoms with van der Waals surface area (Å²) < 4.78 is 5.85. The minimum Gasteiger partial charge on any atom is -0.489 e. The first kappa shape index (κ1) is 18.0. The molecule has 1 aliphatic heterocycles. The second kappa shape index (κ2) is 9.02. The number of hydrogen-bond acceptors (Lipinski definition) is 4. The van der Waals surface area contributed by atoms with Gasteiger partial charge in [0, 0.05) is 13.1 Å². The molecule has 1 fully saturated rings. The number of rotatable bonds is 6. The van der Waals surface area contributed by atoms with Gasteiger partial charge in [-0.25, -0.2) is 0 Å². The first-order valence-electron chi connectivity index (χ1n) is 8.96. The van der Waals surface area contributed by atoms with Gasteiger partial charge in [-0.15, -0.1) is 0 Å². The summed E-state index contributed by atoms with van der Waals surface area (Å²) in [6.07, 6.45) is 2.97. The van der Waals surface area contributed by atoms with E-state index < -0.39 is 0 Å². The minimum atomic E-state index is -0.129. The Morgan fingerprint density at radius 2 is 2.00 bits per heavy atom. The molecule has 5 heteroatoms. The molecule has 0 unspecified atom stereocenters. The fourth-order valence-corrected chi connectivity index (χ4v) is 3.02. The molecule has 0 aliphatic carbocycles. The average molecular weight is 349 g/mol. The summed E-state index contributed by atoms with van der Waals surface area (Å²) in [5.74, 6) is 0.865. The molecule has 3 rings (SSSR count). The van der Waals surface area contributed by atoms with Gasteiger partial charge < -0.3 is 15.4 Å². The lowest BCUT2D eigenvalue weighted by Crippen LogP contribution is -2.42. The molecule has 0 radical (unpaired) electrons. The third kappa shape index (κ3) is 5.08. The highest BCUT2D eigenvalue weighted by Crippen LogP contribution is 2.16. The zero-order chi connectivity index (χ0) is 18.2. The van der Waals surface area contributed by atoms with Gasteiger partial charge in [0.05, 0.1) is 17.7 Å². The van der Waals surface area contributed by atoms with Gasteiger partial charge in [-0.2, -0.15) is 5.26 Å². The molecule has 26 heavy (non-hydrogen) atoms. The van der Waals surface area contributed by atoms with Crippen molar-refractivity contribution in [1.82, 2.24) is 10.6 Å². The zero-order valence-electron chi connectivity index (χ0n) is 14.7. The van der Waals surface area contributed by atoms with Gasteiger partial charge in [-0.1, -0.05) is 24.3 Å². The maximum Gasteiger partial charge on any atom is 0.237 e. The molecule has 0 saturated carbocycles. The Kier molecular flexibility index (Phi) is 6.24. The predicted octanol–water partition coefficient (Wildman–Crippen LogP) is 2.90. The normalized spacial score (nSPS) is 17.0. The Morgan fingerprint density at radius 1 is 1.15 bits per heavy atom. The molecule has 5 nitrogen and oxygen atoms in total. The van der Waals surface area contributed by atoms with E-state index in [1.54, 1.807) is 6.07 Å². The number of carbonyl (C=O) groups is 1. The SMILES string of the molecule is N#Cc1cccc(COc2cccc(CN[C@H]3CCCCNC3=O)c2)c1. The smallest absolute Gasteiger partial charge is 0.237 e. The number of amides is 1. The van der Waals surface area contributed by atoms with Crippen LogP contribution < -0.4 is 15.4 Å². The molecule has 2 N–H and O–H groups in total. The van der Waals surface area contributed by atoms with Crippen molar-refractivity contribution in [2.45, 2.75) is 38.5 Å². The lowest BCUT2D eigenvalue weighted by atomic mass is 10.1. The number of nitrogens with one attached hydrogen (secondary N) is 2. The van der Waals surface area contributed by atoms with Crippen molar-refractivity contribution in [2.75, 3.05) is 6.54 Å². The standard InChI is InChI=1S/C21H23N3O2/c22-13-16-5-3-7-18(11-16)15-26-19-8-4-6-17(12-19)14-24-20-9-1-2-10-23-21(20)25/h3-8,11-12,20,24H,1-2,9-10,14-15H2,(H,23,25)/t20-/m0/s1. The fraction of sp³-hybridized carbons (Fsp3) is 0.333. The topological polar surface area (TPSA) is 74.2 Å². The number of hydrogen-bond donors (Lipinski definition) is 2. The average Bonchev–Trinajstić information content (AvgIpc) is 2.89. The fourth-order valence-electron chi connectivity index (χ4n) is 3.02. The van der Waals surface area contributed by atoms with Crippen LogP contribution in [0.1, 0.15) is 36.0 Å². The summed E-state index contributed by atoms with van der Waals surface area (Å²) in [6.45, 7) is 1.81. The van der Waals surface area contributed by atoms with Gasteiger partial charge in [-0.3, -0.25) is 4.79 Å². The molecular formula is C21H23N3O2. The Balaban J connectivity index is 1.55. The quantitative estimate of drug-likeness (QED) is 0.841. The molecule has 1 saturated heterocycles. The van der Waals surface area contributed by atoms with E-state index >= 15 is 0 Å². The molecule has 0 spiro atoms. The van der Waals surface area contributed by atoms with Crippen LogP contribution in [0.15, 0.2) is 48.5 Å². The number of nitriles is 1. The zero-order valence-corrected chi connectivity index (χ0v) is 14.7. The van der Waals surface area contributed by atoms with E-state index in [0.717, 1.165) is 42.7 Å². The van der Waals surface area contributed by atoms with Gasteiger partial charge >= 0.3 is 0 Å². The van der Waals surface area contributed by atoms with Crippen LogP contribution in [0.2, 0.25) is 0 Å². The summed E-state index contributed by atoms with van der Waals surface area (Å²) in [6, 6.07) is 17.3. The van der Waals surface area contributed by atoms with Gasteiger partial charge in [0.2, 0.25) is 5.91 Å². The van der Waals surface area contributed by atoms with E-state index in [2.05, 4.69) is 16.7 Å². The number of nitrogens with zero attached hydrogens (tertiary/aromatic N) is 1. The highest BCUT2D eigenvalue weighted by molar-refractivity contribution is 5.81. The van der Waals surface area contributed by atoms with Crippen LogP contribution in [0.3, 0.4) is 0 Å². The molecule has 2 aromatic carbocycles. The van der Waals surface area contributed by atoms with Crippen molar-refractivity contribution < 1.29 is 9.53 Å². The van der Waals surface area contributed by atoms with E-state index in [0.29, 0.717) is 18.7 Å². The third-order valence-corrected chi connectivity index (χ3v) is 4.45. The number of benzene rings is 2. The summed E-state index contributed by atoms with van der Waals surface area (Å²) in [4.78, 5) is 12.0. The van der Waals surface area contributed by atoms with Crippen LogP contribution in [-0.4, -0.2) is 18.5 Å². The van der Waals surface area contributed by atoms with E-state index in [-0.39, 0.29) is 11.9 Å².